The summed E-state index contributed by atoms with van der Waals surface area (Å²) in [5.74, 6) is -0.0720. The highest BCUT2D eigenvalue weighted by molar-refractivity contribution is 5.76. The van der Waals surface area contributed by atoms with Crippen molar-refractivity contribution < 1.29 is 24.5 Å². The van der Waals surface area contributed by atoms with E-state index in [1.54, 1.807) is 6.08 Å². The number of rotatable bonds is 65. The second-order valence-electron chi connectivity index (χ2n) is 23.9. The zero-order valence-electron chi connectivity index (χ0n) is 52.0. The van der Waals surface area contributed by atoms with Crippen LogP contribution in [0.4, 0.5) is 0 Å². The van der Waals surface area contributed by atoms with E-state index in [4.69, 9.17) is 4.74 Å². The van der Waals surface area contributed by atoms with Crippen LogP contribution in [0.15, 0.2) is 36.5 Å². The van der Waals surface area contributed by atoms with Gasteiger partial charge >= 0.3 is 5.97 Å². The summed E-state index contributed by atoms with van der Waals surface area (Å²) < 4.78 is 5.48. The fraction of sp³-hybridized carbons (Fsp3) is 0.887. The SMILES string of the molecule is CCCCCCCC/C=C\CCCCCCCC(=O)OCCCCCCCCCCCC/C=C\CCCCCCCCCC(=O)NC(CO)C(O)/C=C/CCCCCCCCCCCCCCCCCCCCCCCC. The van der Waals surface area contributed by atoms with E-state index in [1.165, 1.54) is 302 Å². The molecule has 0 spiro atoms. The average molecular weight is 1080 g/mol. The molecule has 0 heterocycles. The maximum Gasteiger partial charge on any atom is 0.305 e. The Morgan fingerprint density at radius 1 is 0.351 bits per heavy atom. The number of ether oxygens (including phenoxy) is 1. The van der Waals surface area contributed by atoms with Crippen LogP contribution in [0.25, 0.3) is 0 Å². The summed E-state index contributed by atoms with van der Waals surface area (Å²) in [6, 6.07) is -0.636. The highest BCUT2D eigenvalue weighted by Crippen LogP contribution is 2.18. The number of unbranched alkanes of at least 4 members (excludes halogenated alkanes) is 50. The first kappa shape index (κ1) is 75.1. The summed E-state index contributed by atoms with van der Waals surface area (Å²) >= 11 is 0. The van der Waals surface area contributed by atoms with E-state index in [0.29, 0.717) is 19.4 Å². The first-order valence-corrected chi connectivity index (χ1v) is 34.8. The summed E-state index contributed by atoms with van der Waals surface area (Å²) in [4.78, 5) is 24.6. The third kappa shape index (κ3) is 63.1. The Labute approximate surface area is 481 Å². The van der Waals surface area contributed by atoms with Crippen LogP contribution in [-0.2, 0) is 14.3 Å². The Kier molecular flexibility index (Phi) is 64.9. The van der Waals surface area contributed by atoms with Crippen molar-refractivity contribution in [3.8, 4) is 0 Å². The molecule has 77 heavy (non-hydrogen) atoms. The predicted molar refractivity (Wildman–Crippen MR) is 338 cm³/mol. The van der Waals surface area contributed by atoms with Gasteiger partial charge in [-0.25, -0.2) is 0 Å². The lowest BCUT2D eigenvalue weighted by Gasteiger charge is -2.20. The summed E-state index contributed by atoms with van der Waals surface area (Å²) in [6.07, 6.45) is 85.0. The zero-order chi connectivity index (χ0) is 55.7. The third-order valence-electron chi connectivity index (χ3n) is 16.1. The topological polar surface area (TPSA) is 95.9 Å². The minimum Gasteiger partial charge on any atom is -0.466 e. The van der Waals surface area contributed by atoms with E-state index in [2.05, 4.69) is 43.5 Å². The number of hydrogen-bond acceptors (Lipinski definition) is 5. The van der Waals surface area contributed by atoms with Crippen molar-refractivity contribution in [1.82, 2.24) is 5.32 Å². The summed E-state index contributed by atoms with van der Waals surface area (Å²) in [6.45, 7) is 4.92. The fourth-order valence-corrected chi connectivity index (χ4v) is 10.8. The van der Waals surface area contributed by atoms with E-state index >= 15 is 0 Å². The van der Waals surface area contributed by atoms with E-state index in [-0.39, 0.29) is 18.5 Å². The van der Waals surface area contributed by atoms with Crippen LogP contribution in [0, 0.1) is 0 Å². The molecule has 3 N–H and O–H groups in total. The Balaban J connectivity index is 3.45. The molecule has 0 aromatic heterocycles. The van der Waals surface area contributed by atoms with Gasteiger partial charge in [0.2, 0.25) is 5.91 Å². The molecule has 0 aromatic rings. The molecule has 0 aliphatic heterocycles. The lowest BCUT2D eigenvalue weighted by atomic mass is 10.0. The van der Waals surface area contributed by atoms with E-state index < -0.39 is 12.1 Å². The monoisotopic (exact) mass is 1080 g/mol. The van der Waals surface area contributed by atoms with Crippen LogP contribution in [0.5, 0.6) is 0 Å². The van der Waals surface area contributed by atoms with Crippen LogP contribution in [0.1, 0.15) is 380 Å². The van der Waals surface area contributed by atoms with Crippen molar-refractivity contribution >= 4 is 11.9 Å². The highest BCUT2D eigenvalue weighted by atomic mass is 16.5. The standard InChI is InChI=1S/C71H135NO5/c1-3-5-7-9-11-13-15-17-19-20-21-22-23-24-26-29-32-36-39-43-47-51-55-59-63-69(74)68(67-73)72-70(75)64-60-56-52-48-44-40-37-33-30-27-25-28-31-34-38-42-46-50-54-58-62-66-77-71(76)65-61-57-53-49-45-41-35-18-16-14-12-10-8-6-4-2/h18,27,30,35,59,63,68-69,73-74H,3-17,19-26,28-29,31-34,36-58,60-62,64-67H2,1-2H3,(H,72,75)/b30-27-,35-18-,63-59+. The van der Waals surface area contributed by atoms with Crippen molar-refractivity contribution in [3.63, 3.8) is 0 Å². The number of amides is 1. The molecular formula is C71H135NO5. The van der Waals surface area contributed by atoms with Gasteiger partial charge in [0.1, 0.15) is 0 Å². The van der Waals surface area contributed by atoms with Gasteiger partial charge in [0, 0.05) is 12.8 Å². The molecule has 2 unspecified atom stereocenters. The Morgan fingerprint density at radius 2 is 0.610 bits per heavy atom. The van der Waals surface area contributed by atoms with Gasteiger partial charge < -0.3 is 20.3 Å². The smallest absolute Gasteiger partial charge is 0.305 e. The summed E-state index contributed by atoms with van der Waals surface area (Å²) in [5, 5.41) is 23.3. The number of hydrogen-bond donors (Lipinski definition) is 3. The molecule has 0 radical (unpaired) electrons. The second-order valence-corrected chi connectivity index (χ2v) is 23.9. The molecule has 6 heteroatoms. The van der Waals surface area contributed by atoms with Gasteiger partial charge in [0.25, 0.3) is 0 Å². The molecule has 0 aliphatic carbocycles. The van der Waals surface area contributed by atoms with Gasteiger partial charge in [-0.2, -0.15) is 0 Å². The molecule has 1 amide bonds. The lowest BCUT2D eigenvalue weighted by Crippen LogP contribution is -2.45. The molecule has 0 saturated carbocycles. The lowest BCUT2D eigenvalue weighted by molar-refractivity contribution is -0.143. The molecule has 0 aromatic carbocycles. The number of aliphatic hydroxyl groups is 2. The molecular weight excluding hydrogens is 947 g/mol. The minimum absolute atomic E-state index is 0.000214. The number of carbonyl (C=O) groups excluding carboxylic acids is 2. The molecule has 0 rings (SSSR count). The normalized spacial score (nSPS) is 12.7. The Bertz CT molecular complexity index is 1250. The molecule has 6 nitrogen and oxygen atoms in total. The molecule has 0 bridgehead atoms. The van der Waals surface area contributed by atoms with Gasteiger partial charge in [-0.15, -0.1) is 0 Å². The quantitative estimate of drug-likeness (QED) is 0.0320. The van der Waals surface area contributed by atoms with Crippen molar-refractivity contribution in [2.75, 3.05) is 13.2 Å². The predicted octanol–water partition coefficient (Wildman–Crippen LogP) is 22.3. The molecule has 0 saturated heterocycles. The minimum atomic E-state index is -0.851. The summed E-state index contributed by atoms with van der Waals surface area (Å²) in [7, 11) is 0. The summed E-state index contributed by atoms with van der Waals surface area (Å²) in [5.41, 5.74) is 0. The Morgan fingerprint density at radius 3 is 0.922 bits per heavy atom. The first-order valence-electron chi connectivity index (χ1n) is 34.8. The van der Waals surface area contributed by atoms with E-state index in [0.717, 1.165) is 51.4 Å². The van der Waals surface area contributed by atoms with E-state index in [9.17, 15) is 19.8 Å². The number of nitrogens with one attached hydrogen (secondary N) is 1. The largest absolute Gasteiger partial charge is 0.466 e. The van der Waals surface area contributed by atoms with Gasteiger partial charge in [-0.1, -0.05) is 320 Å². The average Bonchev–Trinajstić information content (AvgIpc) is 3.43. The van der Waals surface area contributed by atoms with Crippen LogP contribution in [0.2, 0.25) is 0 Å². The molecule has 0 aliphatic rings. The van der Waals surface area contributed by atoms with Crippen molar-refractivity contribution in [1.29, 1.82) is 0 Å². The third-order valence-corrected chi connectivity index (χ3v) is 16.1. The van der Waals surface area contributed by atoms with Crippen LogP contribution < -0.4 is 5.32 Å². The number of carbonyl (C=O) groups is 2. The second kappa shape index (κ2) is 66.6. The maximum absolute atomic E-state index is 12.5. The van der Waals surface area contributed by atoms with Crippen molar-refractivity contribution in [3.05, 3.63) is 36.5 Å². The zero-order valence-corrected chi connectivity index (χ0v) is 52.0. The first-order chi connectivity index (χ1) is 38.0. The molecule has 0 fully saturated rings. The fourth-order valence-electron chi connectivity index (χ4n) is 10.8. The van der Waals surface area contributed by atoms with Gasteiger partial charge in [-0.05, 0) is 83.5 Å². The number of aliphatic hydroxyl groups excluding tert-OH is 2. The van der Waals surface area contributed by atoms with Gasteiger partial charge in [0.15, 0.2) is 0 Å². The van der Waals surface area contributed by atoms with Crippen molar-refractivity contribution in [2.45, 2.75) is 392 Å². The number of allylic oxidation sites excluding steroid dienone is 5. The maximum atomic E-state index is 12.5. The molecule has 454 valence electrons. The van der Waals surface area contributed by atoms with E-state index in [1.807, 2.05) is 6.08 Å². The van der Waals surface area contributed by atoms with Crippen molar-refractivity contribution in [2.24, 2.45) is 0 Å². The van der Waals surface area contributed by atoms with Gasteiger partial charge in [-0.3, -0.25) is 9.59 Å². The Hall–Kier alpha value is -1.92. The highest BCUT2D eigenvalue weighted by Gasteiger charge is 2.18. The van der Waals surface area contributed by atoms with Crippen LogP contribution in [-0.4, -0.2) is 47.4 Å². The number of esters is 1. The molecule has 2 atom stereocenters. The van der Waals surface area contributed by atoms with Crippen LogP contribution >= 0.6 is 0 Å². The van der Waals surface area contributed by atoms with Crippen LogP contribution in [0.3, 0.4) is 0 Å². The van der Waals surface area contributed by atoms with Gasteiger partial charge in [0.05, 0.1) is 25.4 Å².